The Kier molecular flexibility index (Phi) is 4.53. The van der Waals surface area contributed by atoms with E-state index in [1.165, 1.54) is 5.70 Å². The molecule has 0 aromatic heterocycles. The van der Waals surface area contributed by atoms with E-state index in [1.807, 2.05) is 6.08 Å². The van der Waals surface area contributed by atoms with E-state index < -0.39 is 0 Å². The average Bonchev–Trinajstić information content (AvgIpc) is 2.26. The monoisotopic (exact) mass is 197 g/mol. The number of nitrogens with zero attached hydrogens (tertiary/aromatic N) is 1. The van der Waals surface area contributed by atoms with Gasteiger partial charge in [-0.3, -0.25) is 0 Å². The number of hydrogen-bond acceptors (Lipinski definition) is 3. The molecule has 1 fully saturated rings. The summed E-state index contributed by atoms with van der Waals surface area (Å²) in [5, 5.41) is 0. The molecule has 0 bridgehead atoms. The first-order valence-corrected chi connectivity index (χ1v) is 5.04. The first-order chi connectivity index (χ1) is 6.77. The summed E-state index contributed by atoms with van der Waals surface area (Å²) in [5.41, 5.74) is 1.28. The Bertz CT molecular complexity index is 217. The summed E-state index contributed by atoms with van der Waals surface area (Å²) in [4.78, 5) is 2.33. The standard InChI is InChI=1S/C11H19NO2/c1-4-11(9-10(2)13-3)12-5-7-14-8-6-12/h9H,2,4-8H2,1,3H3. The summed E-state index contributed by atoms with van der Waals surface area (Å²) < 4.78 is 10.3. The summed E-state index contributed by atoms with van der Waals surface area (Å²) in [6.07, 6.45) is 3.01. The lowest BCUT2D eigenvalue weighted by Crippen LogP contribution is -2.35. The number of methoxy groups -OCH3 is 1. The lowest BCUT2D eigenvalue weighted by atomic mass is 10.2. The third-order valence-electron chi connectivity index (χ3n) is 2.37. The predicted molar refractivity (Wildman–Crippen MR) is 56.9 cm³/mol. The molecule has 0 spiro atoms. The van der Waals surface area contributed by atoms with Gasteiger partial charge < -0.3 is 14.4 Å². The van der Waals surface area contributed by atoms with Crippen LogP contribution in [-0.4, -0.2) is 38.3 Å². The van der Waals surface area contributed by atoms with Crippen molar-refractivity contribution in [1.29, 1.82) is 0 Å². The third kappa shape index (κ3) is 3.07. The Hall–Kier alpha value is -0.960. The molecule has 1 saturated heterocycles. The zero-order valence-electron chi connectivity index (χ0n) is 9.08. The molecule has 1 rings (SSSR count). The van der Waals surface area contributed by atoms with Crippen LogP contribution in [0.5, 0.6) is 0 Å². The Morgan fingerprint density at radius 1 is 1.50 bits per heavy atom. The van der Waals surface area contributed by atoms with Gasteiger partial charge in [0, 0.05) is 18.8 Å². The fraction of sp³-hybridized carbons (Fsp3) is 0.636. The fourth-order valence-electron chi connectivity index (χ4n) is 1.51. The van der Waals surface area contributed by atoms with Crippen molar-refractivity contribution in [2.45, 2.75) is 13.3 Å². The highest BCUT2D eigenvalue weighted by molar-refractivity contribution is 5.15. The van der Waals surface area contributed by atoms with E-state index >= 15 is 0 Å². The van der Waals surface area contributed by atoms with Crippen LogP contribution in [0.25, 0.3) is 0 Å². The maximum Gasteiger partial charge on any atom is 0.113 e. The van der Waals surface area contributed by atoms with Gasteiger partial charge >= 0.3 is 0 Å². The molecule has 3 nitrogen and oxygen atoms in total. The first kappa shape index (κ1) is 11.1. The number of allylic oxidation sites excluding steroid dienone is 2. The molecule has 14 heavy (non-hydrogen) atoms. The van der Waals surface area contributed by atoms with Crippen molar-refractivity contribution in [2.24, 2.45) is 0 Å². The van der Waals surface area contributed by atoms with Gasteiger partial charge in [-0.05, 0) is 12.5 Å². The van der Waals surface area contributed by atoms with E-state index in [9.17, 15) is 0 Å². The van der Waals surface area contributed by atoms with Crippen LogP contribution in [0.3, 0.4) is 0 Å². The summed E-state index contributed by atoms with van der Waals surface area (Å²) >= 11 is 0. The number of hydrogen-bond donors (Lipinski definition) is 0. The van der Waals surface area contributed by atoms with Crippen LogP contribution >= 0.6 is 0 Å². The van der Waals surface area contributed by atoms with Gasteiger partial charge in [-0.25, -0.2) is 0 Å². The van der Waals surface area contributed by atoms with Crippen molar-refractivity contribution in [2.75, 3.05) is 33.4 Å². The van der Waals surface area contributed by atoms with E-state index in [-0.39, 0.29) is 0 Å². The Morgan fingerprint density at radius 2 is 2.14 bits per heavy atom. The van der Waals surface area contributed by atoms with Crippen LogP contribution in [0.4, 0.5) is 0 Å². The van der Waals surface area contributed by atoms with Gasteiger partial charge in [0.15, 0.2) is 0 Å². The minimum atomic E-state index is 0.716. The highest BCUT2D eigenvalue weighted by Crippen LogP contribution is 2.13. The summed E-state index contributed by atoms with van der Waals surface area (Å²) in [6.45, 7) is 9.51. The largest absolute Gasteiger partial charge is 0.497 e. The van der Waals surface area contributed by atoms with Gasteiger partial charge in [0.25, 0.3) is 0 Å². The second-order valence-corrected chi connectivity index (χ2v) is 3.26. The quantitative estimate of drug-likeness (QED) is 0.506. The lowest BCUT2D eigenvalue weighted by Gasteiger charge is -2.30. The van der Waals surface area contributed by atoms with Crippen LogP contribution in [0.15, 0.2) is 24.1 Å². The van der Waals surface area contributed by atoms with Gasteiger partial charge in [0.05, 0.1) is 20.3 Å². The van der Waals surface area contributed by atoms with E-state index in [0.717, 1.165) is 32.7 Å². The molecular weight excluding hydrogens is 178 g/mol. The van der Waals surface area contributed by atoms with Crippen LogP contribution in [0.1, 0.15) is 13.3 Å². The van der Waals surface area contributed by atoms with Crippen molar-refractivity contribution in [3.63, 3.8) is 0 Å². The van der Waals surface area contributed by atoms with Crippen LogP contribution in [-0.2, 0) is 9.47 Å². The second-order valence-electron chi connectivity index (χ2n) is 3.26. The minimum Gasteiger partial charge on any atom is -0.497 e. The van der Waals surface area contributed by atoms with Gasteiger partial charge in [-0.15, -0.1) is 0 Å². The van der Waals surface area contributed by atoms with Gasteiger partial charge in [0.1, 0.15) is 5.76 Å². The molecule has 0 amide bonds. The zero-order valence-corrected chi connectivity index (χ0v) is 9.08. The van der Waals surface area contributed by atoms with Crippen molar-refractivity contribution in [1.82, 2.24) is 4.90 Å². The van der Waals surface area contributed by atoms with E-state index in [2.05, 4.69) is 18.4 Å². The topological polar surface area (TPSA) is 21.7 Å². The molecule has 1 aliphatic rings. The van der Waals surface area contributed by atoms with Crippen LogP contribution < -0.4 is 0 Å². The molecule has 0 aromatic carbocycles. The predicted octanol–water partition coefficient (Wildman–Crippen LogP) is 1.77. The average molecular weight is 197 g/mol. The minimum absolute atomic E-state index is 0.716. The maximum atomic E-state index is 5.30. The number of morpholine rings is 1. The summed E-state index contributed by atoms with van der Waals surface area (Å²) in [7, 11) is 1.64. The molecule has 0 N–H and O–H groups in total. The van der Waals surface area contributed by atoms with E-state index in [1.54, 1.807) is 7.11 Å². The molecule has 0 aliphatic carbocycles. The maximum absolute atomic E-state index is 5.30. The molecule has 3 heteroatoms. The highest BCUT2D eigenvalue weighted by Gasteiger charge is 2.12. The van der Waals surface area contributed by atoms with Crippen molar-refractivity contribution >= 4 is 0 Å². The van der Waals surface area contributed by atoms with Crippen molar-refractivity contribution in [3.05, 3.63) is 24.1 Å². The Morgan fingerprint density at radius 3 is 2.64 bits per heavy atom. The molecular formula is C11H19NO2. The molecule has 1 aliphatic heterocycles. The third-order valence-corrected chi connectivity index (χ3v) is 2.37. The van der Waals surface area contributed by atoms with Crippen molar-refractivity contribution < 1.29 is 9.47 Å². The normalized spacial score (nSPS) is 18.1. The van der Waals surface area contributed by atoms with Gasteiger partial charge in [-0.2, -0.15) is 0 Å². The molecule has 0 atom stereocenters. The second kappa shape index (κ2) is 5.70. The highest BCUT2D eigenvalue weighted by atomic mass is 16.5. The molecule has 0 radical (unpaired) electrons. The summed E-state index contributed by atoms with van der Waals surface area (Å²) in [6, 6.07) is 0. The van der Waals surface area contributed by atoms with Gasteiger partial charge in [0.2, 0.25) is 0 Å². The molecule has 0 aromatic rings. The summed E-state index contributed by atoms with van der Waals surface area (Å²) in [5.74, 6) is 0.716. The Balaban J connectivity index is 2.59. The SMILES string of the molecule is C=C(C=C(CC)N1CCOCC1)OC. The Labute approximate surface area is 86.0 Å². The fourth-order valence-corrected chi connectivity index (χ4v) is 1.51. The van der Waals surface area contributed by atoms with Crippen LogP contribution in [0, 0.1) is 0 Å². The smallest absolute Gasteiger partial charge is 0.113 e. The zero-order chi connectivity index (χ0) is 10.4. The van der Waals surface area contributed by atoms with Crippen molar-refractivity contribution in [3.8, 4) is 0 Å². The first-order valence-electron chi connectivity index (χ1n) is 5.04. The van der Waals surface area contributed by atoms with E-state index in [0.29, 0.717) is 5.76 Å². The molecule has 0 saturated carbocycles. The molecule has 0 unspecified atom stereocenters. The number of ether oxygens (including phenoxy) is 2. The van der Waals surface area contributed by atoms with Gasteiger partial charge in [-0.1, -0.05) is 13.5 Å². The molecule has 1 heterocycles. The molecule has 80 valence electrons. The van der Waals surface area contributed by atoms with E-state index in [4.69, 9.17) is 9.47 Å². The number of rotatable bonds is 4. The van der Waals surface area contributed by atoms with Crippen LogP contribution in [0.2, 0.25) is 0 Å². The lowest BCUT2D eigenvalue weighted by molar-refractivity contribution is 0.0521.